The first-order chi connectivity index (χ1) is 5.36. The van der Waals surface area contributed by atoms with Crippen LogP contribution in [0.4, 0.5) is 0 Å². The molecule has 60 valence electrons. The van der Waals surface area contributed by atoms with E-state index in [1.807, 2.05) is 0 Å². The first kappa shape index (κ1) is 7.25. The van der Waals surface area contributed by atoms with E-state index in [0.717, 1.165) is 6.54 Å². The number of aryl methyl sites for hydroxylation is 1. The van der Waals surface area contributed by atoms with Crippen molar-refractivity contribution in [2.24, 2.45) is 0 Å². The van der Waals surface area contributed by atoms with Crippen LogP contribution in [0.3, 0.4) is 0 Å². The van der Waals surface area contributed by atoms with Crippen molar-refractivity contribution in [3.05, 3.63) is 16.1 Å². The Balaban J connectivity index is 2.15. The molecule has 0 amide bonds. The third-order valence-corrected chi connectivity index (χ3v) is 2.85. The largest absolute Gasteiger partial charge is 0.309 e. The molecule has 0 spiro atoms. The molecule has 1 fully saturated rings. The molecule has 3 heteroatoms. The predicted molar refractivity (Wildman–Crippen MR) is 46.8 cm³/mol. The molecule has 0 saturated carbocycles. The number of nitrogens with one attached hydrogen (secondary N) is 1. The average molecular weight is 168 g/mol. The van der Waals surface area contributed by atoms with E-state index < -0.39 is 0 Å². The molecular formula is C8H12N2S. The highest BCUT2D eigenvalue weighted by atomic mass is 32.1. The minimum Gasteiger partial charge on any atom is -0.309 e. The topological polar surface area (TPSA) is 24.9 Å². The summed E-state index contributed by atoms with van der Waals surface area (Å²) in [5, 5.41) is 6.77. The Morgan fingerprint density at radius 1 is 1.73 bits per heavy atom. The second-order valence-electron chi connectivity index (χ2n) is 2.94. The average Bonchev–Trinajstić information content (AvgIpc) is 2.55. The number of thiazole rings is 1. The highest BCUT2D eigenvalue weighted by Gasteiger charge is 2.17. The summed E-state index contributed by atoms with van der Waals surface area (Å²) in [7, 11) is 0. The zero-order valence-corrected chi connectivity index (χ0v) is 7.45. The van der Waals surface area contributed by atoms with E-state index in [1.54, 1.807) is 11.3 Å². The standard InChI is InChI=1S/C8H12N2S/c1-6-10-8(5-11-6)7-3-2-4-9-7/h5,7,9H,2-4H2,1H3/t7-/m1/s1. The third kappa shape index (κ3) is 1.44. The van der Waals surface area contributed by atoms with Crippen molar-refractivity contribution in [2.75, 3.05) is 6.54 Å². The first-order valence-corrected chi connectivity index (χ1v) is 4.89. The molecular weight excluding hydrogens is 156 g/mol. The molecule has 11 heavy (non-hydrogen) atoms. The molecule has 1 aliphatic heterocycles. The zero-order chi connectivity index (χ0) is 7.68. The monoisotopic (exact) mass is 168 g/mol. The smallest absolute Gasteiger partial charge is 0.0898 e. The van der Waals surface area contributed by atoms with Gasteiger partial charge in [-0.1, -0.05) is 0 Å². The SMILES string of the molecule is Cc1nc([C@H]2CCCN2)cs1. The fourth-order valence-electron chi connectivity index (χ4n) is 1.48. The molecule has 1 atom stereocenters. The van der Waals surface area contributed by atoms with Gasteiger partial charge in [-0.2, -0.15) is 0 Å². The highest BCUT2D eigenvalue weighted by molar-refractivity contribution is 7.09. The Kier molecular flexibility index (Phi) is 1.92. The lowest BCUT2D eigenvalue weighted by Gasteiger charge is -2.04. The maximum Gasteiger partial charge on any atom is 0.0898 e. The lowest BCUT2D eigenvalue weighted by molar-refractivity contribution is 0.631. The van der Waals surface area contributed by atoms with Gasteiger partial charge in [0.05, 0.1) is 16.7 Å². The number of rotatable bonds is 1. The Hall–Kier alpha value is -0.410. The van der Waals surface area contributed by atoms with Crippen LogP contribution in [0.2, 0.25) is 0 Å². The van der Waals surface area contributed by atoms with Crippen LogP contribution in [0.5, 0.6) is 0 Å². The summed E-state index contributed by atoms with van der Waals surface area (Å²) in [6, 6.07) is 0.542. The van der Waals surface area contributed by atoms with E-state index in [0.29, 0.717) is 6.04 Å². The second kappa shape index (κ2) is 2.91. The minimum absolute atomic E-state index is 0.542. The molecule has 0 aliphatic carbocycles. The van der Waals surface area contributed by atoms with Crippen LogP contribution < -0.4 is 5.32 Å². The summed E-state index contributed by atoms with van der Waals surface area (Å²) in [6.45, 7) is 3.21. The summed E-state index contributed by atoms with van der Waals surface area (Å²) in [5.41, 5.74) is 1.24. The van der Waals surface area contributed by atoms with Crippen LogP contribution in [-0.4, -0.2) is 11.5 Å². The molecule has 0 unspecified atom stereocenters. The first-order valence-electron chi connectivity index (χ1n) is 4.01. The van der Waals surface area contributed by atoms with Gasteiger partial charge in [0.1, 0.15) is 0 Å². The molecule has 2 rings (SSSR count). The number of hydrogen-bond acceptors (Lipinski definition) is 3. The summed E-state index contributed by atoms with van der Waals surface area (Å²) in [5.74, 6) is 0. The predicted octanol–water partition coefficient (Wildman–Crippen LogP) is 1.88. The Morgan fingerprint density at radius 2 is 2.64 bits per heavy atom. The van der Waals surface area contributed by atoms with Crippen LogP contribution in [-0.2, 0) is 0 Å². The maximum atomic E-state index is 4.45. The normalized spacial score (nSPS) is 24.3. The Labute approximate surface area is 70.7 Å². The van der Waals surface area contributed by atoms with Crippen molar-refractivity contribution < 1.29 is 0 Å². The van der Waals surface area contributed by atoms with Gasteiger partial charge in [0.2, 0.25) is 0 Å². The van der Waals surface area contributed by atoms with Crippen LogP contribution in [0, 0.1) is 6.92 Å². The van der Waals surface area contributed by atoms with Crippen LogP contribution in [0.1, 0.15) is 29.6 Å². The molecule has 1 aromatic heterocycles. The minimum atomic E-state index is 0.542. The van der Waals surface area contributed by atoms with Crippen LogP contribution >= 0.6 is 11.3 Å². The lowest BCUT2D eigenvalue weighted by atomic mass is 10.2. The van der Waals surface area contributed by atoms with Crippen molar-refractivity contribution in [1.29, 1.82) is 0 Å². The summed E-state index contributed by atoms with van der Waals surface area (Å²) >= 11 is 1.74. The van der Waals surface area contributed by atoms with Crippen molar-refractivity contribution in [1.82, 2.24) is 10.3 Å². The number of aromatic nitrogens is 1. The molecule has 2 nitrogen and oxygen atoms in total. The molecule has 0 radical (unpaired) electrons. The fraction of sp³-hybridized carbons (Fsp3) is 0.625. The second-order valence-corrected chi connectivity index (χ2v) is 4.00. The lowest BCUT2D eigenvalue weighted by Crippen LogP contribution is -2.12. The van der Waals surface area contributed by atoms with Gasteiger partial charge in [0.15, 0.2) is 0 Å². The van der Waals surface area contributed by atoms with Gasteiger partial charge in [-0.25, -0.2) is 4.98 Å². The number of nitrogens with zero attached hydrogens (tertiary/aromatic N) is 1. The van der Waals surface area contributed by atoms with Crippen LogP contribution in [0.25, 0.3) is 0 Å². The van der Waals surface area contributed by atoms with E-state index in [1.165, 1.54) is 23.5 Å². The molecule has 1 N–H and O–H groups in total. The van der Waals surface area contributed by atoms with Gasteiger partial charge in [-0.05, 0) is 26.3 Å². The molecule has 0 aromatic carbocycles. The Bertz CT molecular complexity index is 238. The number of hydrogen-bond donors (Lipinski definition) is 1. The van der Waals surface area contributed by atoms with E-state index in [2.05, 4.69) is 22.6 Å². The molecule has 1 saturated heterocycles. The van der Waals surface area contributed by atoms with Gasteiger partial charge in [0, 0.05) is 5.38 Å². The maximum absolute atomic E-state index is 4.45. The van der Waals surface area contributed by atoms with Crippen molar-refractivity contribution >= 4 is 11.3 Å². The Morgan fingerprint density at radius 3 is 3.18 bits per heavy atom. The van der Waals surface area contributed by atoms with Crippen molar-refractivity contribution in [2.45, 2.75) is 25.8 Å². The third-order valence-electron chi connectivity index (χ3n) is 2.05. The quantitative estimate of drug-likeness (QED) is 0.692. The summed E-state index contributed by atoms with van der Waals surface area (Å²) in [4.78, 5) is 4.45. The molecule has 1 aromatic rings. The van der Waals surface area contributed by atoms with E-state index in [-0.39, 0.29) is 0 Å². The van der Waals surface area contributed by atoms with E-state index in [4.69, 9.17) is 0 Å². The molecule has 1 aliphatic rings. The highest BCUT2D eigenvalue weighted by Crippen LogP contribution is 2.23. The van der Waals surface area contributed by atoms with Gasteiger partial charge >= 0.3 is 0 Å². The van der Waals surface area contributed by atoms with Gasteiger partial charge in [0.25, 0.3) is 0 Å². The van der Waals surface area contributed by atoms with Gasteiger partial charge in [-0.3, -0.25) is 0 Å². The molecule has 2 heterocycles. The van der Waals surface area contributed by atoms with Gasteiger partial charge in [-0.15, -0.1) is 11.3 Å². The van der Waals surface area contributed by atoms with Crippen molar-refractivity contribution in [3.63, 3.8) is 0 Å². The van der Waals surface area contributed by atoms with E-state index in [9.17, 15) is 0 Å². The zero-order valence-electron chi connectivity index (χ0n) is 6.63. The van der Waals surface area contributed by atoms with Gasteiger partial charge < -0.3 is 5.32 Å². The van der Waals surface area contributed by atoms with Crippen LogP contribution in [0.15, 0.2) is 5.38 Å². The fourth-order valence-corrected chi connectivity index (χ4v) is 2.14. The van der Waals surface area contributed by atoms with Crippen molar-refractivity contribution in [3.8, 4) is 0 Å². The molecule has 0 bridgehead atoms. The van der Waals surface area contributed by atoms with E-state index >= 15 is 0 Å². The summed E-state index contributed by atoms with van der Waals surface area (Å²) < 4.78 is 0. The summed E-state index contributed by atoms with van der Waals surface area (Å²) in [6.07, 6.45) is 2.55.